The van der Waals surface area contributed by atoms with E-state index in [0.29, 0.717) is 64.4 Å². The maximum absolute atomic E-state index is 12.1. The van der Waals surface area contributed by atoms with Crippen molar-refractivity contribution in [1.82, 2.24) is 9.97 Å². The van der Waals surface area contributed by atoms with Crippen LogP contribution < -0.4 is 20.5 Å². The summed E-state index contributed by atoms with van der Waals surface area (Å²) in [6, 6.07) is 5.52. The van der Waals surface area contributed by atoms with Gasteiger partial charge in [-0.25, -0.2) is 0 Å². The molecule has 10 heteroatoms. The zero-order valence-electron chi connectivity index (χ0n) is 19.1. The van der Waals surface area contributed by atoms with Gasteiger partial charge >= 0.3 is 194 Å². The molecule has 0 aliphatic heterocycles. The van der Waals surface area contributed by atoms with Crippen molar-refractivity contribution in [3.63, 3.8) is 0 Å². The maximum atomic E-state index is 12.1. The summed E-state index contributed by atoms with van der Waals surface area (Å²) in [5.41, 5.74) is 6.87. The van der Waals surface area contributed by atoms with Crippen molar-refractivity contribution in [1.29, 1.82) is 0 Å². The summed E-state index contributed by atoms with van der Waals surface area (Å²) in [4.78, 5) is 20.9. The van der Waals surface area contributed by atoms with Crippen LogP contribution in [0.4, 0.5) is 11.5 Å². The third-order valence-electron chi connectivity index (χ3n) is 4.77. The van der Waals surface area contributed by atoms with Gasteiger partial charge in [0.05, 0.1) is 0 Å². The first kappa shape index (κ1) is 25.0. The quantitative estimate of drug-likeness (QED) is 0.223. The Morgan fingerprint density at radius 2 is 1.70 bits per heavy atom. The monoisotopic (exact) mass is 522 g/mol. The number of aliphatic hydroxyl groups is 2. The Kier molecular flexibility index (Phi) is 8.31. The molecule has 0 aliphatic carbocycles. The number of nitrogens with two attached hydrogens (primary N) is 1. The third-order valence-corrected chi connectivity index (χ3v) is 8.07. The van der Waals surface area contributed by atoms with Crippen LogP contribution in [-0.4, -0.2) is 67.0 Å². The molecule has 1 aromatic carbocycles. The van der Waals surface area contributed by atoms with Gasteiger partial charge < -0.3 is 5.11 Å². The zero-order valence-corrected chi connectivity index (χ0v) is 20.8. The van der Waals surface area contributed by atoms with Gasteiger partial charge in [0.1, 0.15) is 0 Å². The van der Waals surface area contributed by atoms with E-state index >= 15 is 0 Å². The fourth-order valence-electron chi connectivity index (χ4n) is 3.05. The third kappa shape index (κ3) is 6.23. The van der Waals surface area contributed by atoms with Gasteiger partial charge in [0, 0.05) is 0 Å². The number of primary amides is 1. The van der Waals surface area contributed by atoms with E-state index in [9.17, 15) is 4.79 Å². The Hall–Kier alpha value is -2.65. The molecule has 0 unspecified atom stereocenters. The van der Waals surface area contributed by atoms with Crippen LogP contribution >= 0.6 is 0 Å². The molecule has 5 N–H and O–H groups in total. The fourth-order valence-corrected chi connectivity index (χ4v) is 5.19. The number of benzene rings is 1. The second kappa shape index (κ2) is 11.0. The van der Waals surface area contributed by atoms with Gasteiger partial charge in [-0.05, 0) is 0 Å². The van der Waals surface area contributed by atoms with Crippen molar-refractivity contribution in [2.24, 2.45) is 5.73 Å². The summed E-state index contributed by atoms with van der Waals surface area (Å²) >= 11 is -0.165. The van der Waals surface area contributed by atoms with Crippen molar-refractivity contribution in [3.05, 3.63) is 33.4 Å². The molecule has 9 nitrogen and oxygen atoms in total. The van der Waals surface area contributed by atoms with Crippen molar-refractivity contribution >= 4 is 42.8 Å². The normalized spacial score (nSPS) is 11.5. The van der Waals surface area contributed by atoms with Crippen LogP contribution in [0, 0.1) is 0 Å². The van der Waals surface area contributed by atoms with Crippen LogP contribution in [0.5, 0.6) is 11.5 Å². The van der Waals surface area contributed by atoms with Crippen LogP contribution in [0.3, 0.4) is 0 Å². The van der Waals surface area contributed by atoms with E-state index in [1.165, 1.54) is 6.33 Å². The average Bonchev–Trinajstić information content (AvgIpc) is 3.19. The van der Waals surface area contributed by atoms with E-state index < -0.39 is 5.91 Å². The molecular weight excluding hydrogens is 491 g/mol. The minimum absolute atomic E-state index is 0.0123. The molecule has 0 fully saturated rings. The first-order valence-corrected chi connectivity index (χ1v) is 12.4. The molecule has 2 heterocycles. The summed E-state index contributed by atoms with van der Waals surface area (Å²) < 4.78 is 13.4. The van der Waals surface area contributed by atoms with Gasteiger partial charge in [0.15, 0.2) is 0 Å². The summed E-state index contributed by atoms with van der Waals surface area (Å²) in [6.45, 7) is 6.99. The van der Waals surface area contributed by atoms with Crippen LogP contribution in [0.2, 0.25) is 0 Å². The number of ether oxygens (including phenoxy) is 2. The van der Waals surface area contributed by atoms with Gasteiger partial charge in [-0.2, -0.15) is 0 Å². The summed E-state index contributed by atoms with van der Waals surface area (Å²) in [6.07, 6.45) is 2.40. The van der Waals surface area contributed by atoms with E-state index in [4.69, 9.17) is 25.4 Å². The minimum atomic E-state index is -0.445. The molecule has 33 heavy (non-hydrogen) atoms. The van der Waals surface area contributed by atoms with E-state index in [-0.39, 0.29) is 33.1 Å². The van der Waals surface area contributed by atoms with E-state index in [1.807, 2.05) is 6.07 Å². The molecule has 0 saturated carbocycles. The number of nitrogens with one attached hydrogen (secondary N) is 1. The van der Waals surface area contributed by atoms with E-state index in [1.54, 1.807) is 12.1 Å². The first-order chi connectivity index (χ1) is 15.7. The summed E-state index contributed by atoms with van der Waals surface area (Å²) in [7, 11) is 0. The van der Waals surface area contributed by atoms with Crippen LogP contribution in [0.1, 0.15) is 47.3 Å². The molecule has 0 saturated heterocycles. The average molecular weight is 521 g/mol. The predicted octanol–water partition coefficient (Wildman–Crippen LogP) is 2.35. The molecule has 0 aliphatic rings. The molecule has 2 aromatic heterocycles. The molecule has 1 amide bonds. The molecule has 0 radical (unpaired) electrons. The van der Waals surface area contributed by atoms with Gasteiger partial charge in [0.2, 0.25) is 0 Å². The van der Waals surface area contributed by atoms with Gasteiger partial charge in [-0.3, -0.25) is 0 Å². The number of anilines is 2. The Balaban J connectivity index is 2.02. The van der Waals surface area contributed by atoms with Crippen molar-refractivity contribution < 1.29 is 24.5 Å². The Morgan fingerprint density at radius 3 is 2.27 bits per heavy atom. The molecule has 3 aromatic rings. The van der Waals surface area contributed by atoms with E-state index in [0.717, 1.165) is 4.44 Å². The standard InChI is InChI=1S/C23H30N4O5Se/c1-23(2,3)19-12-16(20(33-19)21(24)30)27-22-14-10-17(31-8-4-6-28)18(32-9-5-7-29)11-15(14)25-13-26-22/h10-13,28-29H,4-9H2,1-3H3,(H2,24,30)(H,25,26,27). The van der Waals surface area contributed by atoms with Crippen LogP contribution in [0.25, 0.3) is 10.9 Å². The Labute approximate surface area is 198 Å². The summed E-state index contributed by atoms with van der Waals surface area (Å²) in [5, 5.41) is 22.1. The van der Waals surface area contributed by atoms with Gasteiger partial charge in [-0.1, -0.05) is 0 Å². The number of carbonyl (C=O) groups excluding carboxylic acids is 1. The van der Waals surface area contributed by atoms with Gasteiger partial charge in [0.25, 0.3) is 0 Å². The molecular formula is C23H30N4O5Se. The van der Waals surface area contributed by atoms with Crippen LogP contribution in [-0.2, 0) is 5.41 Å². The van der Waals surface area contributed by atoms with Crippen molar-refractivity contribution in [3.8, 4) is 11.5 Å². The summed E-state index contributed by atoms with van der Waals surface area (Å²) in [5.74, 6) is 1.05. The van der Waals surface area contributed by atoms with Crippen molar-refractivity contribution in [2.75, 3.05) is 31.7 Å². The molecule has 3 rings (SSSR count). The van der Waals surface area contributed by atoms with Gasteiger partial charge in [-0.15, -0.1) is 0 Å². The fraction of sp³-hybridized carbons (Fsp3) is 0.435. The zero-order chi connectivity index (χ0) is 24.0. The van der Waals surface area contributed by atoms with E-state index in [2.05, 4.69) is 36.1 Å². The second-order valence-electron chi connectivity index (χ2n) is 8.48. The number of fused-ring (bicyclic) bond motifs is 1. The number of aromatic nitrogens is 2. The topological polar surface area (TPSA) is 140 Å². The molecule has 178 valence electrons. The SMILES string of the molecule is CC(C)(C)c1cc(Nc2ncnc3cc(OCCCO)c(OCCCO)cc23)c(C(N)=O)[se]1. The number of amides is 1. The number of carbonyl (C=O) groups is 1. The first-order valence-electron chi connectivity index (χ1n) is 10.7. The second-order valence-corrected chi connectivity index (χ2v) is 10.7. The molecule has 0 spiro atoms. The molecule has 0 bridgehead atoms. The molecule has 0 atom stereocenters. The number of nitrogens with zero attached hydrogens (tertiary/aromatic N) is 2. The Bertz CT molecular complexity index is 1110. The number of hydrogen-bond donors (Lipinski definition) is 4. The van der Waals surface area contributed by atoms with Crippen LogP contribution in [0.15, 0.2) is 24.5 Å². The Morgan fingerprint density at radius 1 is 1.06 bits per heavy atom. The van der Waals surface area contributed by atoms with Crippen molar-refractivity contribution in [2.45, 2.75) is 39.0 Å². The number of rotatable bonds is 11. The predicted molar refractivity (Wildman–Crippen MR) is 128 cm³/mol. The number of hydrogen-bond acceptors (Lipinski definition) is 8. The number of aliphatic hydroxyl groups excluding tert-OH is 2.